The van der Waals surface area contributed by atoms with Crippen LogP contribution >= 0.6 is 23.1 Å². The molecule has 0 radical (unpaired) electrons. The number of aromatic nitrogens is 1. The van der Waals surface area contributed by atoms with E-state index in [0.717, 1.165) is 31.1 Å². The molecule has 0 aliphatic rings. The second kappa shape index (κ2) is 9.46. The van der Waals surface area contributed by atoms with Gasteiger partial charge in [0.25, 0.3) is 0 Å². The van der Waals surface area contributed by atoms with Crippen LogP contribution in [0.25, 0.3) is 21.0 Å². The molecular weight excluding hydrogens is 400 g/mol. The van der Waals surface area contributed by atoms with Crippen molar-refractivity contribution in [2.45, 2.75) is 4.34 Å². The first-order valence-corrected chi connectivity index (χ1v) is 10.9. The summed E-state index contributed by atoms with van der Waals surface area (Å²) >= 11 is 3.04. The van der Waals surface area contributed by atoms with E-state index in [1.54, 1.807) is 11.3 Å². The number of nitrogens with zero attached hydrogens (tertiary/aromatic N) is 1. The number of thioether (sulfide) groups is 1. The third-order valence-corrected chi connectivity index (χ3v) is 6.33. The second-order valence-corrected chi connectivity index (χ2v) is 8.39. The van der Waals surface area contributed by atoms with Gasteiger partial charge in [-0.15, -0.1) is 11.3 Å². The standard InChI is InChI=1S/C23H18N2O2S2/c26-22(16-28-23-25-19-11-3-4-13-21(19)29-23)24-14-5-6-15-27-20-12-7-9-17-8-1-2-10-18(17)20/h1-4,7-13H,14-16H2,(H,24,26). The summed E-state index contributed by atoms with van der Waals surface area (Å²) in [6.45, 7) is 0.586. The third-order valence-electron chi connectivity index (χ3n) is 4.15. The maximum Gasteiger partial charge on any atom is 0.231 e. The predicted molar refractivity (Wildman–Crippen MR) is 121 cm³/mol. The number of ether oxygens (including phenoxy) is 1. The molecule has 4 nitrogen and oxygen atoms in total. The Kier molecular flexibility index (Phi) is 6.30. The zero-order chi connectivity index (χ0) is 19.9. The number of hydrogen-bond acceptors (Lipinski definition) is 5. The molecule has 1 heterocycles. The van der Waals surface area contributed by atoms with Gasteiger partial charge in [-0.05, 0) is 23.6 Å². The maximum atomic E-state index is 12.0. The van der Waals surface area contributed by atoms with Crippen LogP contribution in [0.2, 0.25) is 0 Å². The van der Waals surface area contributed by atoms with E-state index < -0.39 is 0 Å². The lowest BCUT2D eigenvalue weighted by atomic mass is 10.1. The molecule has 0 fully saturated rings. The van der Waals surface area contributed by atoms with E-state index in [1.807, 2.05) is 54.6 Å². The SMILES string of the molecule is O=C(CSc1nc2ccccc2s1)NCC#CCOc1cccc2ccccc12. The fourth-order valence-electron chi connectivity index (χ4n) is 2.78. The number of para-hydroxylation sites is 1. The summed E-state index contributed by atoms with van der Waals surface area (Å²) in [4.78, 5) is 16.5. The molecule has 1 aromatic heterocycles. The quantitative estimate of drug-likeness (QED) is 0.363. The van der Waals surface area contributed by atoms with E-state index in [-0.39, 0.29) is 12.5 Å². The molecule has 4 aromatic rings. The molecule has 144 valence electrons. The van der Waals surface area contributed by atoms with E-state index >= 15 is 0 Å². The summed E-state index contributed by atoms with van der Waals surface area (Å²) in [5, 5.41) is 5.00. The molecule has 3 aromatic carbocycles. The number of carbonyl (C=O) groups is 1. The Balaban J connectivity index is 1.20. The number of hydrogen-bond donors (Lipinski definition) is 1. The highest BCUT2D eigenvalue weighted by Gasteiger charge is 2.06. The van der Waals surface area contributed by atoms with E-state index in [2.05, 4.69) is 34.3 Å². The van der Waals surface area contributed by atoms with Gasteiger partial charge < -0.3 is 10.1 Å². The fourth-order valence-corrected chi connectivity index (χ4v) is 4.68. The molecule has 1 amide bonds. The summed E-state index contributed by atoms with van der Waals surface area (Å²) in [5.74, 6) is 6.95. The van der Waals surface area contributed by atoms with Gasteiger partial charge in [-0.2, -0.15) is 0 Å². The van der Waals surface area contributed by atoms with Crippen molar-refractivity contribution in [2.75, 3.05) is 18.9 Å². The largest absolute Gasteiger partial charge is 0.480 e. The number of nitrogens with one attached hydrogen (secondary N) is 1. The average Bonchev–Trinajstić information content (AvgIpc) is 3.18. The molecule has 6 heteroatoms. The van der Waals surface area contributed by atoms with Crippen LogP contribution in [0.4, 0.5) is 0 Å². The Morgan fingerprint density at radius 2 is 1.86 bits per heavy atom. The van der Waals surface area contributed by atoms with Crippen LogP contribution in [0.3, 0.4) is 0 Å². The van der Waals surface area contributed by atoms with Crippen LogP contribution in [-0.4, -0.2) is 29.8 Å². The lowest BCUT2D eigenvalue weighted by Crippen LogP contribution is -2.25. The fraction of sp³-hybridized carbons (Fsp3) is 0.130. The second-order valence-electron chi connectivity index (χ2n) is 6.13. The van der Waals surface area contributed by atoms with E-state index in [9.17, 15) is 4.79 Å². The normalized spacial score (nSPS) is 10.5. The van der Waals surface area contributed by atoms with Gasteiger partial charge in [-0.1, -0.05) is 72.1 Å². The van der Waals surface area contributed by atoms with Crippen LogP contribution in [-0.2, 0) is 4.79 Å². The van der Waals surface area contributed by atoms with Crippen molar-refractivity contribution < 1.29 is 9.53 Å². The Morgan fingerprint density at radius 3 is 2.79 bits per heavy atom. The molecule has 0 aliphatic carbocycles. The topological polar surface area (TPSA) is 51.2 Å². The van der Waals surface area contributed by atoms with Crippen molar-refractivity contribution in [3.63, 3.8) is 0 Å². The van der Waals surface area contributed by atoms with Crippen molar-refractivity contribution in [3.05, 3.63) is 66.7 Å². The van der Waals surface area contributed by atoms with E-state index in [1.165, 1.54) is 11.8 Å². The predicted octanol–water partition coefficient (Wildman–Crippen LogP) is 4.74. The lowest BCUT2D eigenvalue weighted by molar-refractivity contribution is -0.118. The molecule has 0 saturated heterocycles. The smallest absolute Gasteiger partial charge is 0.231 e. The van der Waals surface area contributed by atoms with Gasteiger partial charge in [0, 0.05) is 5.39 Å². The molecule has 0 saturated carbocycles. The third kappa shape index (κ3) is 5.08. The van der Waals surface area contributed by atoms with Gasteiger partial charge in [0.15, 0.2) is 4.34 Å². The zero-order valence-corrected chi connectivity index (χ0v) is 17.2. The molecule has 29 heavy (non-hydrogen) atoms. The van der Waals surface area contributed by atoms with Crippen LogP contribution in [0.1, 0.15) is 0 Å². The lowest BCUT2D eigenvalue weighted by Gasteiger charge is -2.06. The molecule has 1 N–H and O–H groups in total. The van der Waals surface area contributed by atoms with Gasteiger partial charge in [-0.3, -0.25) is 4.79 Å². The van der Waals surface area contributed by atoms with Crippen LogP contribution in [0.15, 0.2) is 71.1 Å². The van der Waals surface area contributed by atoms with Crippen molar-refractivity contribution in [1.82, 2.24) is 10.3 Å². The molecule has 0 aliphatic heterocycles. The number of thiazole rings is 1. The maximum absolute atomic E-state index is 12.0. The zero-order valence-electron chi connectivity index (χ0n) is 15.6. The van der Waals surface area contributed by atoms with Crippen molar-refractivity contribution in [2.24, 2.45) is 0 Å². The number of benzene rings is 3. The first-order chi connectivity index (χ1) is 14.3. The Morgan fingerprint density at radius 1 is 1.03 bits per heavy atom. The highest BCUT2D eigenvalue weighted by Crippen LogP contribution is 2.29. The van der Waals surface area contributed by atoms with Crippen LogP contribution in [0.5, 0.6) is 5.75 Å². The first kappa shape index (κ1) is 19.3. The van der Waals surface area contributed by atoms with Crippen LogP contribution < -0.4 is 10.1 Å². The molecule has 0 atom stereocenters. The van der Waals surface area contributed by atoms with Crippen LogP contribution in [0, 0.1) is 11.8 Å². The van der Waals surface area contributed by atoms with Crippen molar-refractivity contribution in [1.29, 1.82) is 0 Å². The highest BCUT2D eigenvalue weighted by molar-refractivity contribution is 8.01. The number of rotatable bonds is 6. The summed E-state index contributed by atoms with van der Waals surface area (Å²) in [6.07, 6.45) is 0. The number of fused-ring (bicyclic) bond motifs is 2. The Labute approximate surface area is 177 Å². The van der Waals surface area contributed by atoms with Gasteiger partial charge in [0.05, 0.1) is 22.5 Å². The van der Waals surface area contributed by atoms with Gasteiger partial charge >= 0.3 is 0 Å². The molecule has 0 spiro atoms. The molecular formula is C23H18N2O2S2. The number of carbonyl (C=O) groups excluding carboxylic acids is 1. The van der Waals surface area contributed by atoms with Crippen molar-refractivity contribution in [3.8, 4) is 17.6 Å². The van der Waals surface area contributed by atoms with Gasteiger partial charge in [-0.25, -0.2) is 4.98 Å². The Bertz CT molecular complexity index is 1170. The van der Waals surface area contributed by atoms with E-state index in [4.69, 9.17) is 4.74 Å². The highest BCUT2D eigenvalue weighted by atomic mass is 32.2. The van der Waals surface area contributed by atoms with Crippen molar-refractivity contribution >= 4 is 50.0 Å². The van der Waals surface area contributed by atoms with E-state index in [0.29, 0.717) is 12.3 Å². The van der Waals surface area contributed by atoms with Gasteiger partial charge in [0.2, 0.25) is 5.91 Å². The summed E-state index contributed by atoms with van der Waals surface area (Å²) in [5.41, 5.74) is 0.970. The minimum Gasteiger partial charge on any atom is -0.480 e. The number of amides is 1. The minimum atomic E-state index is -0.0569. The summed E-state index contributed by atoms with van der Waals surface area (Å²) in [6, 6.07) is 22.0. The minimum absolute atomic E-state index is 0.0569. The molecule has 4 rings (SSSR count). The summed E-state index contributed by atoms with van der Waals surface area (Å²) < 4.78 is 7.79. The molecule has 0 bridgehead atoms. The monoisotopic (exact) mass is 418 g/mol. The first-order valence-electron chi connectivity index (χ1n) is 9.11. The van der Waals surface area contributed by atoms with Gasteiger partial charge in [0.1, 0.15) is 12.4 Å². The summed E-state index contributed by atoms with van der Waals surface area (Å²) in [7, 11) is 0. The molecule has 0 unspecified atom stereocenters. The Hall–Kier alpha value is -3.01. The average molecular weight is 419 g/mol.